The molecular weight excluding hydrogens is 192 g/mol. The number of nitrogens with zero attached hydrogens (tertiary/aromatic N) is 1. The number of carbonyl (C=O) groups excluding carboxylic acids is 1. The van der Waals surface area contributed by atoms with Crippen LogP contribution in [0.2, 0.25) is 0 Å². The lowest BCUT2D eigenvalue weighted by Gasteiger charge is -2.31. The summed E-state index contributed by atoms with van der Waals surface area (Å²) in [6.07, 6.45) is 7.06. The minimum atomic E-state index is 0.0726. The standard InChI is InChI=1S/C11H18N2O2/c1-2-5-12-7-11(15)13-6-3-4-10(8-13)9-14/h1,10,12,14H,3-9H2. The normalized spacial score (nSPS) is 21.1. The highest BCUT2D eigenvalue weighted by Crippen LogP contribution is 2.15. The van der Waals surface area contributed by atoms with E-state index >= 15 is 0 Å². The summed E-state index contributed by atoms with van der Waals surface area (Å²) in [6.45, 7) is 2.35. The number of hydrogen-bond acceptors (Lipinski definition) is 3. The second kappa shape index (κ2) is 6.44. The number of likely N-dealkylation sites (tertiary alicyclic amines) is 1. The first-order chi connectivity index (χ1) is 7.27. The lowest BCUT2D eigenvalue weighted by Crippen LogP contribution is -2.44. The average molecular weight is 210 g/mol. The number of hydrogen-bond donors (Lipinski definition) is 2. The molecule has 1 heterocycles. The molecule has 0 radical (unpaired) electrons. The van der Waals surface area contributed by atoms with E-state index in [4.69, 9.17) is 11.5 Å². The number of piperidine rings is 1. The molecule has 0 aromatic rings. The molecule has 2 N–H and O–H groups in total. The van der Waals surface area contributed by atoms with Crippen LogP contribution in [0.3, 0.4) is 0 Å². The van der Waals surface area contributed by atoms with E-state index in [1.54, 1.807) is 4.90 Å². The molecule has 1 amide bonds. The van der Waals surface area contributed by atoms with Gasteiger partial charge in [-0.1, -0.05) is 5.92 Å². The van der Waals surface area contributed by atoms with E-state index < -0.39 is 0 Å². The van der Waals surface area contributed by atoms with Gasteiger partial charge < -0.3 is 10.0 Å². The minimum absolute atomic E-state index is 0.0726. The van der Waals surface area contributed by atoms with Gasteiger partial charge in [-0.15, -0.1) is 6.42 Å². The van der Waals surface area contributed by atoms with Gasteiger partial charge in [-0.05, 0) is 18.8 Å². The highest BCUT2D eigenvalue weighted by Gasteiger charge is 2.22. The molecule has 4 heteroatoms. The van der Waals surface area contributed by atoms with E-state index in [1.165, 1.54) is 0 Å². The third-order valence-corrected chi connectivity index (χ3v) is 2.63. The SMILES string of the molecule is C#CCNCC(=O)N1CCCC(CO)C1. The number of terminal acetylenes is 1. The smallest absolute Gasteiger partial charge is 0.236 e. The molecule has 84 valence electrons. The highest BCUT2D eigenvalue weighted by molar-refractivity contribution is 5.78. The molecule has 1 aliphatic rings. The van der Waals surface area contributed by atoms with E-state index in [-0.39, 0.29) is 18.4 Å². The van der Waals surface area contributed by atoms with Crippen molar-refractivity contribution in [1.82, 2.24) is 10.2 Å². The maximum Gasteiger partial charge on any atom is 0.236 e. The van der Waals surface area contributed by atoms with E-state index in [1.807, 2.05) is 0 Å². The van der Waals surface area contributed by atoms with Gasteiger partial charge in [0.05, 0.1) is 13.1 Å². The zero-order chi connectivity index (χ0) is 11.1. The number of amides is 1. The number of nitrogens with one attached hydrogen (secondary N) is 1. The van der Waals surface area contributed by atoms with Gasteiger partial charge in [-0.2, -0.15) is 0 Å². The zero-order valence-electron chi connectivity index (χ0n) is 8.91. The van der Waals surface area contributed by atoms with Crippen LogP contribution < -0.4 is 5.32 Å². The topological polar surface area (TPSA) is 52.6 Å². The van der Waals surface area contributed by atoms with Gasteiger partial charge in [0.2, 0.25) is 5.91 Å². The van der Waals surface area contributed by atoms with Gasteiger partial charge in [0.25, 0.3) is 0 Å². The number of carbonyl (C=O) groups is 1. The Hall–Kier alpha value is -1.05. The summed E-state index contributed by atoms with van der Waals surface area (Å²) in [7, 11) is 0. The monoisotopic (exact) mass is 210 g/mol. The van der Waals surface area contributed by atoms with Crippen molar-refractivity contribution in [1.29, 1.82) is 0 Å². The van der Waals surface area contributed by atoms with Crippen LogP contribution in [-0.4, -0.2) is 48.7 Å². The van der Waals surface area contributed by atoms with E-state index in [2.05, 4.69) is 11.2 Å². The number of aliphatic hydroxyl groups excluding tert-OH is 1. The second-order valence-electron chi connectivity index (χ2n) is 3.84. The van der Waals surface area contributed by atoms with Gasteiger partial charge >= 0.3 is 0 Å². The molecule has 0 spiro atoms. The van der Waals surface area contributed by atoms with Crippen LogP contribution in [0.1, 0.15) is 12.8 Å². The molecule has 15 heavy (non-hydrogen) atoms. The molecule has 1 unspecified atom stereocenters. The van der Waals surface area contributed by atoms with Gasteiger partial charge in [-0.25, -0.2) is 0 Å². The van der Waals surface area contributed by atoms with Crippen molar-refractivity contribution >= 4 is 5.91 Å². The summed E-state index contributed by atoms with van der Waals surface area (Å²) in [6, 6.07) is 0. The fourth-order valence-electron chi connectivity index (χ4n) is 1.79. The Bertz CT molecular complexity index is 247. The summed E-state index contributed by atoms with van der Waals surface area (Å²) in [5.41, 5.74) is 0. The lowest BCUT2D eigenvalue weighted by molar-refractivity contribution is -0.132. The van der Waals surface area contributed by atoms with Crippen LogP contribution in [0.5, 0.6) is 0 Å². The van der Waals surface area contributed by atoms with Crippen molar-refractivity contribution in [3.05, 3.63) is 0 Å². The van der Waals surface area contributed by atoms with Crippen molar-refractivity contribution < 1.29 is 9.90 Å². The molecular formula is C11H18N2O2. The van der Waals surface area contributed by atoms with Crippen molar-refractivity contribution in [3.63, 3.8) is 0 Å². The van der Waals surface area contributed by atoms with Gasteiger partial charge in [0.15, 0.2) is 0 Å². The zero-order valence-corrected chi connectivity index (χ0v) is 8.91. The molecule has 0 aromatic carbocycles. The quantitative estimate of drug-likeness (QED) is 0.483. The van der Waals surface area contributed by atoms with Crippen LogP contribution >= 0.6 is 0 Å². The Morgan fingerprint density at radius 3 is 3.13 bits per heavy atom. The molecule has 1 rings (SSSR count). The lowest BCUT2D eigenvalue weighted by atomic mass is 9.99. The van der Waals surface area contributed by atoms with Crippen LogP contribution in [0.15, 0.2) is 0 Å². The van der Waals surface area contributed by atoms with Crippen LogP contribution in [0.25, 0.3) is 0 Å². The fourth-order valence-corrected chi connectivity index (χ4v) is 1.79. The Kier molecular flexibility index (Phi) is 5.16. The van der Waals surface area contributed by atoms with Gasteiger partial charge in [0.1, 0.15) is 0 Å². The predicted octanol–water partition coefficient (Wildman–Crippen LogP) is -0.560. The third kappa shape index (κ3) is 3.90. The van der Waals surface area contributed by atoms with Crippen molar-refractivity contribution in [2.45, 2.75) is 12.8 Å². The molecule has 1 atom stereocenters. The Balaban J connectivity index is 2.29. The maximum atomic E-state index is 11.6. The fraction of sp³-hybridized carbons (Fsp3) is 0.727. The molecule has 1 saturated heterocycles. The number of aliphatic hydroxyl groups is 1. The molecule has 0 bridgehead atoms. The van der Waals surface area contributed by atoms with E-state index in [0.29, 0.717) is 19.6 Å². The van der Waals surface area contributed by atoms with Gasteiger partial charge in [0, 0.05) is 19.7 Å². The maximum absolute atomic E-state index is 11.6. The molecule has 0 saturated carbocycles. The van der Waals surface area contributed by atoms with Gasteiger partial charge in [-0.3, -0.25) is 10.1 Å². The summed E-state index contributed by atoms with van der Waals surface area (Å²) < 4.78 is 0. The van der Waals surface area contributed by atoms with Crippen molar-refractivity contribution in [2.24, 2.45) is 5.92 Å². The van der Waals surface area contributed by atoms with Crippen LogP contribution in [0, 0.1) is 18.3 Å². The first-order valence-electron chi connectivity index (χ1n) is 5.30. The summed E-state index contributed by atoms with van der Waals surface area (Å²) >= 11 is 0. The summed E-state index contributed by atoms with van der Waals surface area (Å²) in [5.74, 6) is 2.74. The molecule has 0 aromatic heterocycles. The van der Waals surface area contributed by atoms with Crippen LogP contribution in [-0.2, 0) is 4.79 Å². The largest absolute Gasteiger partial charge is 0.396 e. The van der Waals surface area contributed by atoms with E-state index in [9.17, 15) is 4.79 Å². The van der Waals surface area contributed by atoms with Crippen LogP contribution in [0.4, 0.5) is 0 Å². The second-order valence-corrected chi connectivity index (χ2v) is 3.84. The van der Waals surface area contributed by atoms with Crippen molar-refractivity contribution in [3.8, 4) is 12.3 Å². The average Bonchev–Trinajstić information content (AvgIpc) is 2.29. The number of rotatable bonds is 4. The molecule has 0 aliphatic carbocycles. The third-order valence-electron chi connectivity index (χ3n) is 2.63. The molecule has 1 aliphatic heterocycles. The predicted molar refractivity (Wildman–Crippen MR) is 58.1 cm³/mol. The first kappa shape index (κ1) is 12.0. The summed E-state index contributed by atoms with van der Waals surface area (Å²) in [4.78, 5) is 13.4. The minimum Gasteiger partial charge on any atom is -0.396 e. The van der Waals surface area contributed by atoms with Crippen molar-refractivity contribution in [2.75, 3.05) is 32.8 Å². The Labute approximate surface area is 90.6 Å². The Morgan fingerprint density at radius 1 is 1.67 bits per heavy atom. The molecule has 4 nitrogen and oxygen atoms in total. The van der Waals surface area contributed by atoms with E-state index in [0.717, 1.165) is 19.4 Å². The Morgan fingerprint density at radius 2 is 2.47 bits per heavy atom. The first-order valence-corrected chi connectivity index (χ1v) is 5.30. The highest BCUT2D eigenvalue weighted by atomic mass is 16.3. The molecule has 1 fully saturated rings. The summed E-state index contributed by atoms with van der Waals surface area (Å²) in [5, 5.41) is 11.9.